The number of hydrogen-bond acceptors (Lipinski definition) is 4. The molecule has 1 aromatic carbocycles. The zero-order valence-corrected chi connectivity index (χ0v) is 15.8. The maximum atomic E-state index is 12.2. The summed E-state index contributed by atoms with van der Waals surface area (Å²) in [7, 11) is 1.77. The van der Waals surface area contributed by atoms with Crippen molar-refractivity contribution in [2.45, 2.75) is 24.3 Å². The third kappa shape index (κ3) is 5.43. The molecule has 0 amide bonds. The summed E-state index contributed by atoms with van der Waals surface area (Å²) in [5.74, 6) is 0.687. The number of sulfonamides is 1. The highest BCUT2D eigenvalue weighted by molar-refractivity contribution is 7.89. The van der Waals surface area contributed by atoms with Crippen LogP contribution in [0.25, 0.3) is 0 Å². The minimum atomic E-state index is -3.35. The first-order valence-corrected chi connectivity index (χ1v) is 9.26. The first kappa shape index (κ1) is 20.4. The number of likely N-dealkylation sites (tertiary alicyclic amines) is 1. The van der Waals surface area contributed by atoms with Gasteiger partial charge in [0.1, 0.15) is 0 Å². The number of benzene rings is 1. The molecule has 7 heteroatoms. The lowest BCUT2D eigenvalue weighted by Gasteiger charge is -2.32. The highest BCUT2D eigenvalue weighted by Crippen LogP contribution is 2.20. The molecule has 1 atom stereocenters. The molecule has 0 aliphatic carbocycles. The van der Waals surface area contributed by atoms with Crippen molar-refractivity contribution in [2.24, 2.45) is 5.92 Å². The standard InChI is InChI=1S/C16H27N3O2S.ClH/c1-17-11-15-7-5-9-19(13-15)12-14-6-4-8-16(10-14)22(20,21)18(2)3;/h4,6,8,10,15,17H,5,7,9,11-13H2,1-3H3;1H. The van der Waals surface area contributed by atoms with Gasteiger partial charge in [-0.2, -0.15) is 0 Å². The molecule has 1 N–H and O–H groups in total. The summed E-state index contributed by atoms with van der Waals surface area (Å²) >= 11 is 0. The molecule has 1 aliphatic heterocycles. The molecule has 0 radical (unpaired) electrons. The third-order valence-corrected chi connectivity index (χ3v) is 5.99. The summed E-state index contributed by atoms with van der Waals surface area (Å²) < 4.78 is 25.7. The van der Waals surface area contributed by atoms with Gasteiger partial charge in [-0.25, -0.2) is 12.7 Å². The molecule has 1 aliphatic rings. The molecule has 1 heterocycles. The van der Waals surface area contributed by atoms with Gasteiger partial charge in [0.15, 0.2) is 0 Å². The molecule has 0 spiro atoms. The molecular formula is C16H28ClN3O2S. The zero-order chi connectivity index (χ0) is 16.2. The SMILES string of the molecule is CNCC1CCCN(Cc2cccc(S(=O)(=O)N(C)C)c2)C1.Cl. The quantitative estimate of drug-likeness (QED) is 0.839. The Morgan fingerprint density at radius 1 is 1.35 bits per heavy atom. The predicted octanol–water partition coefficient (Wildman–Crippen LogP) is 1.79. The maximum absolute atomic E-state index is 12.2. The Labute approximate surface area is 146 Å². The highest BCUT2D eigenvalue weighted by atomic mass is 35.5. The lowest BCUT2D eigenvalue weighted by molar-refractivity contribution is 0.167. The topological polar surface area (TPSA) is 52.7 Å². The lowest BCUT2D eigenvalue weighted by Crippen LogP contribution is -2.38. The summed E-state index contributed by atoms with van der Waals surface area (Å²) in [6.45, 7) is 4.03. The highest BCUT2D eigenvalue weighted by Gasteiger charge is 2.21. The lowest BCUT2D eigenvalue weighted by atomic mass is 9.97. The zero-order valence-electron chi connectivity index (χ0n) is 14.2. The maximum Gasteiger partial charge on any atom is 0.242 e. The van der Waals surface area contributed by atoms with E-state index in [-0.39, 0.29) is 12.4 Å². The van der Waals surface area contributed by atoms with E-state index in [1.807, 2.05) is 19.2 Å². The van der Waals surface area contributed by atoms with E-state index in [1.165, 1.54) is 17.1 Å². The number of nitrogens with one attached hydrogen (secondary N) is 1. The Hall–Kier alpha value is -0.660. The fourth-order valence-electron chi connectivity index (χ4n) is 3.02. The van der Waals surface area contributed by atoms with E-state index in [2.05, 4.69) is 10.2 Å². The molecule has 1 unspecified atom stereocenters. The molecule has 0 saturated carbocycles. The number of rotatable bonds is 6. The van der Waals surface area contributed by atoms with Crippen LogP contribution in [0.2, 0.25) is 0 Å². The Bertz CT molecular complexity index is 591. The molecule has 23 heavy (non-hydrogen) atoms. The number of halogens is 1. The van der Waals surface area contributed by atoms with E-state index < -0.39 is 10.0 Å². The van der Waals surface area contributed by atoms with Crippen molar-refractivity contribution in [3.8, 4) is 0 Å². The predicted molar refractivity (Wildman–Crippen MR) is 96.5 cm³/mol. The molecule has 0 aromatic heterocycles. The van der Waals surface area contributed by atoms with Crippen LogP contribution in [0.1, 0.15) is 18.4 Å². The summed E-state index contributed by atoms with van der Waals surface area (Å²) in [5, 5.41) is 3.25. The average molecular weight is 362 g/mol. The largest absolute Gasteiger partial charge is 0.319 e. The van der Waals surface area contributed by atoms with Crippen LogP contribution < -0.4 is 5.32 Å². The second kappa shape index (κ2) is 8.99. The fraction of sp³-hybridized carbons (Fsp3) is 0.625. The van der Waals surface area contributed by atoms with Crippen LogP contribution in [0.4, 0.5) is 0 Å². The normalized spacial score (nSPS) is 19.6. The minimum Gasteiger partial charge on any atom is -0.319 e. The average Bonchev–Trinajstić information content (AvgIpc) is 2.48. The van der Waals surface area contributed by atoms with Crippen molar-refractivity contribution in [2.75, 3.05) is 40.8 Å². The summed E-state index contributed by atoms with van der Waals surface area (Å²) in [5.41, 5.74) is 1.06. The number of hydrogen-bond donors (Lipinski definition) is 1. The van der Waals surface area contributed by atoms with Crippen LogP contribution in [-0.4, -0.2) is 58.4 Å². The molecule has 132 valence electrons. The van der Waals surface area contributed by atoms with Crippen LogP contribution in [0.15, 0.2) is 29.2 Å². The van der Waals surface area contributed by atoms with Gasteiger partial charge in [0.05, 0.1) is 4.90 Å². The van der Waals surface area contributed by atoms with E-state index in [0.29, 0.717) is 10.8 Å². The van der Waals surface area contributed by atoms with E-state index >= 15 is 0 Å². The minimum absolute atomic E-state index is 0. The van der Waals surface area contributed by atoms with Crippen LogP contribution in [0.5, 0.6) is 0 Å². The van der Waals surface area contributed by atoms with Gasteiger partial charge < -0.3 is 5.32 Å². The molecule has 1 aromatic rings. The summed E-state index contributed by atoms with van der Waals surface area (Å²) in [6, 6.07) is 7.31. The van der Waals surface area contributed by atoms with Crippen LogP contribution in [0.3, 0.4) is 0 Å². The number of nitrogens with zero attached hydrogens (tertiary/aromatic N) is 2. The van der Waals surface area contributed by atoms with Crippen molar-refractivity contribution in [1.82, 2.24) is 14.5 Å². The summed E-state index contributed by atoms with van der Waals surface area (Å²) in [6.07, 6.45) is 2.48. The third-order valence-electron chi connectivity index (χ3n) is 4.18. The second-order valence-electron chi connectivity index (χ2n) is 6.24. The van der Waals surface area contributed by atoms with Crippen molar-refractivity contribution < 1.29 is 8.42 Å². The molecule has 2 rings (SSSR count). The van der Waals surface area contributed by atoms with Gasteiger partial charge in [-0.3, -0.25) is 4.90 Å². The van der Waals surface area contributed by atoms with Gasteiger partial charge in [-0.1, -0.05) is 12.1 Å². The van der Waals surface area contributed by atoms with E-state index in [9.17, 15) is 8.42 Å². The second-order valence-corrected chi connectivity index (χ2v) is 8.39. The fourth-order valence-corrected chi connectivity index (χ4v) is 4.00. The monoisotopic (exact) mass is 361 g/mol. The van der Waals surface area contributed by atoms with Gasteiger partial charge in [0, 0.05) is 27.2 Å². The van der Waals surface area contributed by atoms with Gasteiger partial charge >= 0.3 is 0 Å². The van der Waals surface area contributed by atoms with Gasteiger partial charge in [-0.15, -0.1) is 12.4 Å². The van der Waals surface area contributed by atoms with E-state index in [0.717, 1.165) is 31.7 Å². The Balaban J connectivity index is 0.00000264. The molecule has 5 nitrogen and oxygen atoms in total. The van der Waals surface area contributed by atoms with Crippen molar-refractivity contribution in [1.29, 1.82) is 0 Å². The molecule has 1 saturated heterocycles. The molecule has 1 fully saturated rings. The van der Waals surface area contributed by atoms with Gasteiger partial charge in [-0.05, 0) is 56.6 Å². The van der Waals surface area contributed by atoms with Crippen molar-refractivity contribution in [3.63, 3.8) is 0 Å². The first-order valence-electron chi connectivity index (χ1n) is 7.82. The van der Waals surface area contributed by atoms with Crippen molar-refractivity contribution in [3.05, 3.63) is 29.8 Å². The van der Waals surface area contributed by atoms with Crippen LogP contribution in [-0.2, 0) is 16.6 Å². The molecular weight excluding hydrogens is 334 g/mol. The molecule has 0 bridgehead atoms. The van der Waals surface area contributed by atoms with Crippen molar-refractivity contribution >= 4 is 22.4 Å². The Morgan fingerprint density at radius 2 is 2.09 bits per heavy atom. The van der Waals surface area contributed by atoms with Crippen LogP contribution >= 0.6 is 12.4 Å². The smallest absolute Gasteiger partial charge is 0.242 e. The first-order chi connectivity index (χ1) is 10.4. The van der Waals surface area contributed by atoms with Gasteiger partial charge in [0.2, 0.25) is 10.0 Å². The van der Waals surface area contributed by atoms with E-state index in [4.69, 9.17) is 0 Å². The van der Waals surface area contributed by atoms with E-state index in [1.54, 1.807) is 26.2 Å². The van der Waals surface area contributed by atoms with Gasteiger partial charge in [0.25, 0.3) is 0 Å². The summed E-state index contributed by atoms with van der Waals surface area (Å²) in [4.78, 5) is 2.80. The number of piperidine rings is 1. The van der Waals surface area contributed by atoms with Crippen LogP contribution in [0, 0.1) is 5.92 Å². The Morgan fingerprint density at radius 3 is 2.74 bits per heavy atom. The Kier molecular flexibility index (Phi) is 7.97.